The molecule has 3 rings (SSSR count). The summed E-state index contributed by atoms with van der Waals surface area (Å²) in [7, 11) is 0. The highest BCUT2D eigenvalue weighted by Crippen LogP contribution is 2.40. The first-order chi connectivity index (χ1) is 10.8. The molecule has 0 aliphatic heterocycles. The maximum atomic E-state index is 11.9. The van der Waals surface area contributed by atoms with E-state index in [0.29, 0.717) is 29.2 Å². The molecule has 1 heterocycles. The second kappa shape index (κ2) is 6.79. The third kappa shape index (κ3) is 3.76. The third-order valence-electron chi connectivity index (χ3n) is 3.27. The Labute approximate surface area is 133 Å². The average Bonchev–Trinajstić information content (AvgIpc) is 3.27. The number of thiazole rings is 1. The van der Waals surface area contributed by atoms with Crippen molar-refractivity contribution in [1.29, 1.82) is 0 Å². The van der Waals surface area contributed by atoms with Crippen molar-refractivity contribution >= 4 is 22.4 Å². The van der Waals surface area contributed by atoms with Gasteiger partial charge in [-0.1, -0.05) is 12.1 Å². The second-order valence-electron chi connectivity index (χ2n) is 5.07. The lowest BCUT2D eigenvalue weighted by atomic mass is 10.3. The Morgan fingerprint density at radius 1 is 1.32 bits per heavy atom. The molecule has 0 unspecified atom stereocenters. The number of hydrogen-bond acceptors (Lipinski definition) is 5. The first-order valence-electron chi connectivity index (χ1n) is 7.36. The Hall–Kier alpha value is -2.08. The number of benzene rings is 1. The zero-order valence-corrected chi connectivity index (χ0v) is 13.2. The Morgan fingerprint density at radius 3 is 2.73 bits per heavy atom. The molecular weight excluding hydrogens is 300 g/mol. The number of amides is 1. The number of anilines is 1. The van der Waals surface area contributed by atoms with E-state index in [1.54, 1.807) is 6.07 Å². The summed E-state index contributed by atoms with van der Waals surface area (Å²) in [5.41, 5.74) is 1.09. The lowest BCUT2D eigenvalue weighted by molar-refractivity contribution is -0.118. The van der Waals surface area contributed by atoms with Gasteiger partial charge in [-0.25, -0.2) is 4.98 Å². The van der Waals surface area contributed by atoms with Crippen molar-refractivity contribution in [3.63, 3.8) is 0 Å². The topological polar surface area (TPSA) is 60.5 Å². The van der Waals surface area contributed by atoms with Crippen LogP contribution < -0.4 is 14.8 Å². The summed E-state index contributed by atoms with van der Waals surface area (Å²) >= 11 is 1.46. The summed E-state index contributed by atoms with van der Waals surface area (Å²) in [5.74, 6) is 1.58. The molecule has 1 aliphatic rings. The molecule has 2 aromatic rings. The Bertz CT molecular complexity index is 652. The maximum absolute atomic E-state index is 11.9. The maximum Gasteiger partial charge on any atom is 0.264 e. The summed E-state index contributed by atoms with van der Waals surface area (Å²) in [6.45, 7) is 2.39. The van der Waals surface area contributed by atoms with Crippen molar-refractivity contribution in [2.24, 2.45) is 0 Å². The van der Waals surface area contributed by atoms with E-state index in [1.807, 2.05) is 30.5 Å². The number of hydrogen-bond donors (Lipinski definition) is 1. The number of carbonyl (C=O) groups is 1. The molecule has 0 bridgehead atoms. The number of aromatic nitrogens is 1. The van der Waals surface area contributed by atoms with Gasteiger partial charge in [0.05, 0.1) is 12.3 Å². The van der Waals surface area contributed by atoms with E-state index in [0.717, 1.165) is 5.69 Å². The fourth-order valence-electron chi connectivity index (χ4n) is 2.05. The number of carbonyl (C=O) groups excluding carboxylic acids is 1. The lowest BCUT2D eigenvalue weighted by Gasteiger charge is -2.10. The van der Waals surface area contributed by atoms with Crippen LogP contribution in [0, 0.1) is 0 Å². The van der Waals surface area contributed by atoms with E-state index in [1.165, 1.54) is 24.2 Å². The van der Waals surface area contributed by atoms with Crippen molar-refractivity contribution in [2.45, 2.75) is 25.7 Å². The van der Waals surface area contributed by atoms with Gasteiger partial charge in [-0.05, 0) is 31.9 Å². The molecule has 1 aromatic heterocycles. The van der Waals surface area contributed by atoms with Crippen LogP contribution in [0.3, 0.4) is 0 Å². The summed E-state index contributed by atoms with van der Waals surface area (Å²) in [4.78, 5) is 16.4. The van der Waals surface area contributed by atoms with Crippen LogP contribution in [0.25, 0.3) is 0 Å². The monoisotopic (exact) mass is 318 g/mol. The van der Waals surface area contributed by atoms with Crippen LogP contribution in [0.2, 0.25) is 0 Å². The first-order valence-corrected chi connectivity index (χ1v) is 8.24. The van der Waals surface area contributed by atoms with Gasteiger partial charge in [-0.3, -0.25) is 10.1 Å². The molecule has 116 valence electrons. The van der Waals surface area contributed by atoms with Crippen molar-refractivity contribution in [3.8, 4) is 11.5 Å². The van der Waals surface area contributed by atoms with Gasteiger partial charge in [-0.15, -0.1) is 11.3 Å². The highest BCUT2D eigenvalue weighted by molar-refractivity contribution is 7.13. The average molecular weight is 318 g/mol. The number of rotatable bonds is 7. The van der Waals surface area contributed by atoms with E-state index in [4.69, 9.17) is 9.47 Å². The van der Waals surface area contributed by atoms with Crippen LogP contribution in [0.1, 0.15) is 31.4 Å². The molecule has 0 spiro atoms. The van der Waals surface area contributed by atoms with E-state index in [9.17, 15) is 4.79 Å². The molecule has 1 N–H and O–H groups in total. The minimum Gasteiger partial charge on any atom is -0.490 e. The standard InChI is InChI=1S/C16H18N2O3S/c1-2-20-13-5-3-4-6-14(13)21-9-15(19)18-16-17-12(10-22-16)11-7-8-11/h3-6,10-11H,2,7-9H2,1H3,(H,17,18,19). The minimum absolute atomic E-state index is 0.0670. The lowest BCUT2D eigenvalue weighted by Crippen LogP contribution is -2.20. The highest BCUT2D eigenvalue weighted by Gasteiger charge is 2.26. The van der Waals surface area contributed by atoms with E-state index >= 15 is 0 Å². The third-order valence-corrected chi connectivity index (χ3v) is 4.05. The van der Waals surface area contributed by atoms with Gasteiger partial charge in [0.25, 0.3) is 5.91 Å². The van der Waals surface area contributed by atoms with Crippen LogP contribution in [0.5, 0.6) is 11.5 Å². The fraction of sp³-hybridized carbons (Fsp3) is 0.375. The summed E-state index contributed by atoms with van der Waals surface area (Å²) in [6, 6.07) is 7.32. The molecular formula is C16H18N2O3S. The fourth-order valence-corrected chi connectivity index (χ4v) is 2.86. The van der Waals surface area contributed by atoms with Crippen molar-refractivity contribution < 1.29 is 14.3 Å². The predicted octanol–water partition coefficient (Wildman–Crippen LogP) is 3.44. The first kappa shape index (κ1) is 14.8. The van der Waals surface area contributed by atoms with Crippen molar-refractivity contribution in [3.05, 3.63) is 35.3 Å². The number of nitrogens with one attached hydrogen (secondary N) is 1. The van der Waals surface area contributed by atoms with Gasteiger partial charge in [0.15, 0.2) is 23.2 Å². The van der Waals surface area contributed by atoms with Gasteiger partial charge < -0.3 is 9.47 Å². The van der Waals surface area contributed by atoms with Gasteiger partial charge in [0.2, 0.25) is 0 Å². The zero-order chi connectivity index (χ0) is 15.4. The Kier molecular flexibility index (Phi) is 4.58. The van der Waals surface area contributed by atoms with E-state index in [2.05, 4.69) is 10.3 Å². The quantitative estimate of drug-likeness (QED) is 0.849. The molecule has 5 nitrogen and oxygen atoms in total. The Morgan fingerprint density at radius 2 is 2.05 bits per heavy atom. The molecule has 0 atom stereocenters. The van der Waals surface area contributed by atoms with Crippen LogP contribution in [0.4, 0.5) is 5.13 Å². The van der Waals surface area contributed by atoms with E-state index < -0.39 is 0 Å². The van der Waals surface area contributed by atoms with Gasteiger partial charge in [0.1, 0.15) is 0 Å². The molecule has 22 heavy (non-hydrogen) atoms. The summed E-state index contributed by atoms with van der Waals surface area (Å²) in [6.07, 6.45) is 2.41. The largest absolute Gasteiger partial charge is 0.490 e. The molecule has 1 aliphatic carbocycles. The molecule has 0 radical (unpaired) electrons. The van der Waals surface area contributed by atoms with Gasteiger partial charge in [0, 0.05) is 11.3 Å². The summed E-state index contributed by atoms with van der Waals surface area (Å²) in [5, 5.41) is 5.41. The zero-order valence-electron chi connectivity index (χ0n) is 12.4. The number of nitrogens with zero attached hydrogens (tertiary/aromatic N) is 1. The van der Waals surface area contributed by atoms with Gasteiger partial charge in [-0.2, -0.15) is 0 Å². The van der Waals surface area contributed by atoms with Crippen molar-refractivity contribution in [2.75, 3.05) is 18.5 Å². The Balaban J connectivity index is 1.53. The molecule has 6 heteroatoms. The van der Waals surface area contributed by atoms with Gasteiger partial charge >= 0.3 is 0 Å². The molecule has 1 amide bonds. The molecule has 1 saturated carbocycles. The van der Waals surface area contributed by atoms with Crippen LogP contribution >= 0.6 is 11.3 Å². The number of ether oxygens (including phenoxy) is 2. The second-order valence-corrected chi connectivity index (χ2v) is 5.93. The van der Waals surface area contributed by atoms with Crippen molar-refractivity contribution in [1.82, 2.24) is 4.98 Å². The minimum atomic E-state index is -0.219. The number of para-hydroxylation sites is 2. The van der Waals surface area contributed by atoms with Crippen LogP contribution in [-0.2, 0) is 4.79 Å². The highest BCUT2D eigenvalue weighted by atomic mass is 32.1. The SMILES string of the molecule is CCOc1ccccc1OCC(=O)Nc1nc(C2CC2)cs1. The normalized spacial score (nSPS) is 13.7. The van der Waals surface area contributed by atoms with Crippen LogP contribution in [-0.4, -0.2) is 24.1 Å². The van der Waals surface area contributed by atoms with E-state index in [-0.39, 0.29) is 12.5 Å². The molecule has 1 aromatic carbocycles. The smallest absolute Gasteiger partial charge is 0.264 e. The summed E-state index contributed by atoms with van der Waals surface area (Å²) < 4.78 is 11.0. The molecule has 1 fully saturated rings. The van der Waals surface area contributed by atoms with Crippen LogP contribution in [0.15, 0.2) is 29.6 Å². The predicted molar refractivity (Wildman–Crippen MR) is 85.8 cm³/mol. The molecule has 0 saturated heterocycles.